The van der Waals surface area contributed by atoms with Gasteiger partial charge in [0.1, 0.15) is 0 Å². The summed E-state index contributed by atoms with van der Waals surface area (Å²) in [6.07, 6.45) is 0. The molecule has 4 heteroatoms. The van der Waals surface area contributed by atoms with Gasteiger partial charge in [0.05, 0.1) is 38.8 Å². The van der Waals surface area contributed by atoms with E-state index < -0.39 is 0 Å². The van der Waals surface area contributed by atoms with E-state index in [1.54, 1.807) is 0 Å². The molecule has 3 heterocycles. The Morgan fingerprint density at radius 3 is 1.04 bits per heavy atom. The highest BCUT2D eigenvalue weighted by Crippen LogP contribution is 2.56. The van der Waals surface area contributed by atoms with Crippen molar-refractivity contribution in [2.75, 3.05) is 4.90 Å². The average Bonchev–Trinajstić information content (AvgIpc) is 1.53. The minimum atomic E-state index is -0.319. The molecule has 18 aromatic rings. The first-order valence-corrected chi connectivity index (χ1v) is 34.3. The van der Waals surface area contributed by atoms with E-state index in [1.807, 2.05) is 0 Å². The van der Waals surface area contributed by atoms with E-state index in [2.05, 4.69) is 374 Å². The third-order valence-electron chi connectivity index (χ3n) is 22.0. The van der Waals surface area contributed by atoms with Crippen LogP contribution in [0.4, 0.5) is 17.1 Å². The summed E-state index contributed by atoms with van der Waals surface area (Å²) >= 11 is 0. The number of aromatic nitrogens is 3. The van der Waals surface area contributed by atoms with Crippen molar-refractivity contribution in [1.82, 2.24) is 13.7 Å². The van der Waals surface area contributed by atoms with Crippen molar-refractivity contribution in [2.45, 2.75) is 38.5 Å². The van der Waals surface area contributed by atoms with E-state index in [-0.39, 0.29) is 10.8 Å². The smallest absolute Gasteiger partial charge is 0.0547 e. The van der Waals surface area contributed by atoms with E-state index in [1.165, 1.54) is 160 Å². The molecule has 0 fully saturated rings. The second-order valence-electron chi connectivity index (χ2n) is 28.0. The third kappa shape index (κ3) is 8.25. The molecule has 98 heavy (non-hydrogen) atoms. The number of benzene rings is 15. The van der Waals surface area contributed by atoms with E-state index in [9.17, 15) is 0 Å². The summed E-state index contributed by atoms with van der Waals surface area (Å²) in [5.74, 6) is 0. The lowest BCUT2D eigenvalue weighted by Gasteiger charge is -2.31. The molecule has 2 aliphatic carbocycles. The Kier molecular flexibility index (Phi) is 12.1. The van der Waals surface area contributed by atoms with Crippen molar-refractivity contribution in [3.05, 3.63) is 350 Å². The van der Waals surface area contributed by atoms with Gasteiger partial charge in [-0.05, 0) is 205 Å². The van der Waals surface area contributed by atoms with E-state index in [0.29, 0.717) is 0 Å². The number of para-hydroxylation sites is 6. The lowest BCUT2D eigenvalue weighted by atomic mass is 9.81. The minimum Gasteiger partial charge on any atom is -0.310 e. The summed E-state index contributed by atoms with van der Waals surface area (Å²) in [6.45, 7) is 9.70. The summed E-state index contributed by atoms with van der Waals surface area (Å²) in [7, 11) is 0. The van der Waals surface area contributed by atoms with Crippen LogP contribution in [0.3, 0.4) is 0 Å². The van der Waals surface area contributed by atoms with Gasteiger partial charge in [0, 0.05) is 77.0 Å². The molecule has 20 rings (SSSR count). The molecule has 0 N–H and O–H groups in total. The lowest BCUT2D eigenvalue weighted by molar-refractivity contribution is 0.660. The molecule has 0 saturated carbocycles. The zero-order valence-electron chi connectivity index (χ0n) is 55.0. The molecule has 0 saturated heterocycles. The van der Waals surface area contributed by atoms with Crippen LogP contribution in [0.25, 0.3) is 149 Å². The van der Waals surface area contributed by atoms with Crippen LogP contribution >= 0.6 is 0 Å². The molecule has 4 nitrogen and oxygen atoms in total. The fourth-order valence-corrected chi connectivity index (χ4v) is 17.3. The van der Waals surface area contributed by atoms with Gasteiger partial charge >= 0.3 is 0 Å². The zero-order chi connectivity index (χ0) is 65.1. The first-order valence-electron chi connectivity index (χ1n) is 34.3. The SMILES string of the molecule is CC1(C)c2cc(-c3ccc4c(c3)c3ccccc3n4-c3ccccc3)ccc2-c2ccc(N(c3ccc4c(c3)C(C)(C)c3cc(-c5ccc6c7ccccc7n(-c7ccccc7)c6c5)ccc3-4)c3ccc(-c4ccc5c6ccccc6n(-c6ccccc6)c5c4)c4ccccc34)cc21. The number of fused-ring (bicyclic) bond motifs is 16. The Balaban J connectivity index is 0.723. The fraction of sp³-hybridized carbons (Fsp3) is 0.0638. The van der Waals surface area contributed by atoms with Crippen molar-refractivity contribution in [1.29, 1.82) is 0 Å². The van der Waals surface area contributed by atoms with Crippen LogP contribution in [-0.4, -0.2) is 13.7 Å². The molecule has 0 bridgehead atoms. The van der Waals surface area contributed by atoms with Gasteiger partial charge in [0.15, 0.2) is 0 Å². The Morgan fingerprint density at radius 2 is 0.541 bits per heavy atom. The van der Waals surface area contributed by atoms with Crippen LogP contribution in [-0.2, 0) is 10.8 Å². The summed E-state index contributed by atoms with van der Waals surface area (Å²) < 4.78 is 7.24. The quantitative estimate of drug-likeness (QED) is 0.141. The summed E-state index contributed by atoms with van der Waals surface area (Å²) in [6, 6.07) is 123. The van der Waals surface area contributed by atoms with Crippen molar-refractivity contribution in [3.63, 3.8) is 0 Å². The Morgan fingerprint density at radius 1 is 0.214 bits per heavy atom. The maximum Gasteiger partial charge on any atom is 0.0547 e. The Labute approximate surface area is 569 Å². The first kappa shape index (κ1) is 56.1. The third-order valence-corrected chi connectivity index (χ3v) is 22.0. The van der Waals surface area contributed by atoms with E-state index in [0.717, 1.165) is 28.4 Å². The van der Waals surface area contributed by atoms with Gasteiger partial charge in [-0.2, -0.15) is 0 Å². The van der Waals surface area contributed by atoms with Crippen LogP contribution in [0.15, 0.2) is 328 Å². The highest BCUT2D eigenvalue weighted by molar-refractivity contribution is 6.14. The van der Waals surface area contributed by atoms with Gasteiger partial charge < -0.3 is 18.6 Å². The lowest BCUT2D eigenvalue weighted by Crippen LogP contribution is -2.18. The summed E-state index contributed by atoms with van der Waals surface area (Å²) in [4.78, 5) is 2.56. The Hall–Kier alpha value is -12.2. The standard InChI is InChI=1S/C94H66N4/c1-93(2)82-53-60(59-40-50-90-81(52-59)78-32-18-21-35-88(78)96(90)64-22-8-5-9-23-64)36-43-71(82)73-47-41-67(57-84(73)93)95(89-51-49-69(70-28-14-15-29-75(70)89)63-39-46-80-77-31-17-20-34-87(77)98(92(80)56-63)66-26-12-7-13-27-66)68-42-48-74-72-44-37-61(54-83(72)94(3,4)85(74)58-68)62-38-45-79-76-30-16-19-33-86(76)97(91(79)55-62)65-24-10-6-11-25-65/h5-58H,1-4H3. The molecule has 0 amide bonds. The second-order valence-corrected chi connectivity index (χ2v) is 28.0. The van der Waals surface area contributed by atoms with Crippen LogP contribution in [0.2, 0.25) is 0 Å². The van der Waals surface area contributed by atoms with Gasteiger partial charge in [-0.25, -0.2) is 0 Å². The van der Waals surface area contributed by atoms with Gasteiger partial charge in [0.25, 0.3) is 0 Å². The number of nitrogens with zero attached hydrogens (tertiary/aromatic N) is 4. The van der Waals surface area contributed by atoms with Gasteiger partial charge in [0.2, 0.25) is 0 Å². The maximum absolute atomic E-state index is 2.56. The van der Waals surface area contributed by atoms with Crippen LogP contribution < -0.4 is 4.90 Å². The van der Waals surface area contributed by atoms with E-state index in [4.69, 9.17) is 0 Å². The monoisotopic (exact) mass is 1250 g/mol. The van der Waals surface area contributed by atoms with Gasteiger partial charge in [-0.3, -0.25) is 0 Å². The molecule has 2 aliphatic rings. The van der Waals surface area contributed by atoms with Gasteiger partial charge in [-0.1, -0.05) is 234 Å². The summed E-state index contributed by atoms with van der Waals surface area (Å²) in [5, 5.41) is 9.90. The fourth-order valence-electron chi connectivity index (χ4n) is 17.3. The molecule has 462 valence electrons. The zero-order valence-corrected chi connectivity index (χ0v) is 55.0. The molecule has 3 aromatic heterocycles. The number of hydrogen-bond donors (Lipinski definition) is 0. The molecular formula is C94H66N4. The van der Waals surface area contributed by atoms with E-state index >= 15 is 0 Å². The molecule has 0 aliphatic heterocycles. The predicted octanol–water partition coefficient (Wildman–Crippen LogP) is 25.2. The second kappa shape index (κ2) is 21.1. The maximum atomic E-state index is 2.56. The van der Waals surface area contributed by atoms with Crippen molar-refractivity contribution in [2.24, 2.45) is 0 Å². The van der Waals surface area contributed by atoms with Crippen LogP contribution in [0, 0.1) is 0 Å². The number of hydrogen-bond acceptors (Lipinski definition) is 1. The Bertz CT molecular complexity index is 6360. The number of rotatable bonds is 9. The normalized spacial score (nSPS) is 13.5. The van der Waals surface area contributed by atoms with Crippen LogP contribution in [0.5, 0.6) is 0 Å². The highest BCUT2D eigenvalue weighted by Gasteiger charge is 2.39. The van der Waals surface area contributed by atoms with Crippen molar-refractivity contribution in [3.8, 4) is 72.7 Å². The van der Waals surface area contributed by atoms with Crippen LogP contribution in [0.1, 0.15) is 49.9 Å². The van der Waals surface area contributed by atoms with Gasteiger partial charge in [-0.15, -0.1) is 0 Å². The number of anilines is 3. The minimum absolute atomic E-state index is 0.315. The topological polar surface area (TPSA) is 18.0 Å². The average molecular weight is 1250 g/mol. The molecule has 15 aromatic carbocycles. The molecular weight excluding hydrogens is 1190 g/mol. The van der Waals surface area contributed by atoms with Crippen molar-refractivity contribution >= 4 is 93.3 Å². The largest absolute Gasteiger partial charge is 0.310 e. The molecule has 0 unspecified atom stereocenters. The summed E-state index contributed by atoms with van der Waals surface area (Å²) in [5.41, 5.74) is 31.1. The predicted molar refractivity (Wildman–Crippen MR) is 413 cm³/mol. The van der Waals surface area contributed by atoms with Crippen molar-refractivity contribution < 1.29 is 0 Å². The first-order chi connectivity index (χ1) is 48.1. The molecule has 0 spiro atoms. The molecule has 0 atom stereocenters. The highest BCUT2D eigenvalue weighted by atomic mass is 15.1. The molecule has 0 radical (unpaired) electrons.